The van der Waals surface area contributed by atoms with Crippen LogP contribution in [0.3, 0.4) is 0 Å². The number of aromatic nitrogens is 2. The van der Waals surface area contributed by atoms with Crippen LogP contribution in [0.15, 0.2) is 83.9 Å². The summed E-state index contributed by atoms with van der Waals surface area (Å²) in [7, 11) is -3.65. The fraction of sp³-hybridized carbons (Fsp3) is 0.214. The van der Waals surface area contributed by atoms with Gasteiger partial charge in [-0.1, -0.05) is 24.3 Å². The molecule has 10 nitrogen and oxygen atoms in total. The Morgan fingerprint density at radius 2 is 1.69 bits per heavy atom. The first-order chi connectivity index (χ1) is 18.8. The summed E-state index contributed by atoms with van der Waals surface area (Å²) in [6, 6.07) is 20.0. The average Bonchev–Trinajstić information content (AvgIpc) is 2.97. The van der Waals surface area contributed by atoms with Gasteiger partial charge in [-0.2, -0.15) is 4.31 Å². The summed E-state index contributed by atoms with van der Waals surface area (Å²) in [6.45, 7) is 2.75. The van der Waals surface area contributed by atoms with Gasteiger partial charge in [0.15, 0.2) is 6.10 Å². The molecule has 39 heavy (non-hydrogen) atoms. The fourth-order valence-corrected chi connectivity index (χ4v) is 5.57. The van der Waals surface area contributed by atoms with Crippen molar-refractivity contribution in [3.63, 3.8) is 0 Å². The summed E-state index contributed by atoms with van der Waals surface area (Å²) in [5.74, 6) is -1.24. The molecule has 1 saturated heterocycles. The number of hydrogen-bond donors (Lipinski definition) is 1. The smallest absolute Gasteiger partial charge is 0.339 e. The monoisotopic (exact) mass is 546 g/mol. The summed E-state index contributed by atoms with van der Waals surface area (Å²) in [5, 5.41) is 3.25. The molecule has 0 saturated carbocycles. The van der Waals surface area contributed by atoms with Crippen LogP contribution in [0.25, 0.3) is 22.3 Å². The minimum Gasteiger partial charge on any atom is -0.449 e. The molecule has 1 amide bonds. The van der Waals surface area contributed by atoms with Crippen molar-refractivity contribution >= 4 is 38.5 Å². The van der Waals surface area contributed by atoms with Crippen LogP contribution >= 0.6 is 0 Å². The molecular weight excluding hydrogens is 520 g/mol. The summed E-state index contributed by atoms with van der Waals surface area (Å²) in [4.78, 5) is 35.0. The summed E-state index contributed by atoms with van der Waals surface area (Å²) < 4.78 is 37.7. The second-order valence-electron chi connectivity index (χ2n) is 8.86. The number of hydrogen-bond acceptors (Lipinski definition) is 8. The maximum Gasteiger partial charge on any atom is 0.339 e. The van der Waals surface area contributed by atoms with Crippen LogP contribution in [0, 0.1) is 0 Å². The van der Waals surface area contributed by atoms with E-state index in [2.05, 4.69) is 15.3 Å². The van der Waals surface area contributed by atoms with Gasteiger partial charge in [0.25, 0.3) is 5.91 Å². The van der Waals surface area contributed by atoms with Gasteiger partial charge in [0, 0.05) is 30.4 Å². The van der Waals surface area contributed by atoms with Crippen LogP contribution in [0.4, 0.5) is 5.69 Å². The second kappa shape index (κ2) is 11.3. The lowest BCUT2D eigenvalue weighted by Gasteiger charge is -2.26. The van der Waals surface area contributed by atoms with E-state index in [-0.39, 0.29) is 10.5 Å². The van der Waals surface area contributed by atoms with Crippen LogP contribution in [0.5, 0.6) is 0 Å². The molecule has 200 valence electrons. The molecule has 2 aromatic heterocycles. The second-order valence-corrected chi connectivity index (χ2v) is 10.8. The third-order valence-electron chi connectivity index (χ3n) is 6.25. The van der Waals surface area contributed by atoms with Crippen molar-refractivity contribution in [1.29, 1.82) is 0 Å². The highest BCUT2D eigenvalue weighted by atomic mass is 32.2. The molecule has 0 radical (unpaired) electrons. The van der Waals surface area contributed by atoms with Gasteiger partial charge in [-0.3, -0.25) is 9.78 Å². The molecule has 11 heteroatoms. The van der Waals surface area contributed by atoms with Gasteiger partial charge in [0.05, 0.1) is 40.6 Å². The number of fused-ring (bicyclic) bond motifs is 1. The molecule has 1 atom stereocenters. The van der Waals surface area contributed by atoms with Crippen LogP contribution in [-0.4, -0.2) is 67.0 Å². The zero-order chi connectivity index (χ0) is 27.4. The molecule has 0 unspecified atom stereocenters. The SMILES string of the molecule is C[C@@H](OC(=O)c1cc(-c2ccccn2)nc2ccccc12)C(=O)Nc1ccc(S(=O)(=O)N2CCOCC2)cc1. The standard InChI is InChI=1S/C28H26N4O6S/c1-19(27(33)30-20-9-11-21(12-10-20)39(35,36)32-14-16-37-17-15-32)38-28(34)23-18-26(25-8-4-5-13-29-25)31-24-7-3-2-6-22(23)24/h2-13,18-19H,14-17H2,1H3,(H,30,33)/t19-/m1/s1. The number of ether oxygens (including phenoxy) is 2. The molecule has 1 N–H and O–H groups in total. The molecule has 3 heterocycles. The number of sulfonamides is 1. The Kier molecular flexibility index (Phi) is 7.64. The average molecular weight is 547 g/mol. The number of nitrogens with zero attached hydrogens (tertiary/aromatic N) is 3. The van der Waals surface area contributed by atoms with Crippen molar-refractivity contribution in [2.24, 2.45) is 0 Å². The molecule has 1 aliphatic rings. The van der Waals surface area contributed by atoms with Gasteiger partial charge >= 0.3 is 5.97 Å². The minimum absolute atomic E-state index is 0.121. The topological polar surface area (TPSA) is 128 Å². The zero-order valence-electron chi connectivity index (χ0n) is 21.1. The van der Waals surface area contributed by atoms with Crippen molar-refractivity contribution in [2.75, 3.05) is 31.6 Å². The highest BCUT2D eigenvalue weighted by molar-refractivity contribution is 7.89. The van der Waals surface area contributed by atoms with E-state index in [1.807, 2.05) is 12.1 Å². The molecule has 1 aliphatic heterocycles. The van der Waals surface area contributed by atoms with E-state index in [9.17, 15) is 18.0 Å². The molecule has 5 rings (SSSR count). The van der Waals surface area contributed by atoms with E-state index >= 15 is 0 Å². The number of rotatable bonds is 7. The first-order valence-corrected chi connectivity index (χ1v) is 13.8. The van der Waals surface area contributed by atoms with Crippen LogP contribution in [0.1, 0.15) is 17.3 Å². The molecule has 0 aliphatic carbocycles. The predicted molar refractivity (Wildman–Crippen MR) is 145 cm³/mol. The van der Waals surface area contributed by atoms with Crippen molar-refractivity contribution in [3.8, 4) is 11.4 Å². The quantitative estimate of drug-likeness (QED) is 0.349. The lowest BCUT2D eigenvalue weighted by Crippen LogP contribution is -2.40. The van der Waals surface area contributed by atoms with E-state index in [1.165, 1.54) is 35.5 Å². The number of anilines is 1. The maximum atomic E-state index is 13.2. The Labute approximate surface area is 225 Å². The highest BCUT2D eigenvalue weighted by Crippen LogP contribution is 2.25. The number of amides is 1. The van der Waals surface area contributed by atoms with Crippen LogP contribution < -0.4 is 5.32 Å². The Morgan fingerprint density at radius 1 is 0.974 bits per heavy atom. The molecule has 4 aromatic rings. The summed E-state index contributed by atoms with van der Waals surface area (Å²) in [6.07, 6.45) is 0.515. The molecule has 0 bridgehead atoms. The molecule has 1 fully saturated rings. The lowest BCUT2D eigenvalue weighted by molar-refractivity contribution is -0.123. The van der Waals surface area contributed by atoms with E-state index in [0.717, 1.165) is 0 Å². The van der Waals surface area contributed by atoms with Gasteiger partial charge in [-0.15, -0.1) is 0 Å². The number of para-hydroxylation sites is 1. The Bertz CT molecular complexity index is 1600. The number of nitrogens with one attached hydrogen (secondary N) is 1. The Balaban J connectivity index is 1.29. The number of esters is 1. The number of carbonyl (C=O) groups is 2. The van der Waals surface area contributed by atoms with Crippen molar-refractivity contribution in [3.05, 3.63) is 84.6 Å². The van der Waals surface area contributed by atoms with E-state index < -0.39 is 28.0 Å². The first-order valence-electron chi connectivity index (χ1n) is 12.3. The normalized spacial score (nSPS) is 15.0. The third-order valence-corrected chi connectivity index (χ3v) is 8.16. The summed E-state index contributed by atoms with van der Waals surface area (Å²) in [5.41, 5.74) is 2.33. The Morgan fingerprint density at radius 3 is 2.41 bits per heavy atom. The van der Waals surface area contributed by atoms with Gasteiger partial charge in [-0.05, 0) is 55.5 Å². The Hall–Kier alpha value is -4.19. The van der Waals surface area contributed by atoms with Crippen LogP contribution in [-0.2, 0) is 24.3 Å². The maximum absolute atomic E-state index is 13.2. The van der Waals surface area contributed by atoms with Gasteiger partial charge in [0.2, 0.25) is 10.0 Å². The number of carbonyl (C=O) groups excluding carboxylic acids is 2. The predicted octanol–water partition coefficient (Wildman–Crippen LogP) is 3.50. The third kappa shape index (κ3) is 5.80. The number of pyridine rings is 2. The fourth-order valence-electron chi connectivity index (χ4n) is 4.16. The molecule has 0 spiro atoms. The minimum atomic E-state index is -3.65. The highest BCUT2D eigenvalue weighted by Gasteiger charge is 2.26. The lowest BCUT2D eigenvalue weighted by atomic mass is 10.1. The first kappa shape index (κ1) is 26.4. The number of morpholine rings is 1. The van der Waals surface area contributed by atoms with E-state index in [1.54, 1.807) is 42.6 Å². The molecule has 2 aromatic carbocycles. The molecular formula is C28H26N4O6S. The van der Waals surface area contributed by atoms with Crippen molar-refractivity contribution < 1.29 is 27.5 Å². The van der Waals surface area contributed by atoms with E-state index in [0.29, 0.717) is 54.3 Å². The van der Waals surface area contributed by atoms with Crippen molar-refractivity contribution in [1.82, 2.24) is 14.3 Å². The van der Waals surface area contributed by atoms with E-state index in [4.69, 9.17) is 9.47 Å². The largest absolute Gasteiger partial charge is 0.449 e. The summed E-state index contributed by atoms with van der Waals surface area (Å²) >= 11 is 0. The van der Waals surface area contributed by atoms with Gasteiger partial charge in [-0.25, -0.2) is 18.2 Å². The number of benzene rings is 2. The van der Waals surface area contributed by atoms with Gasteiger partial charge in [0.1, 0.15) is 0 Å². The zero-order valence-corrected chi connectivity index (χ0v) is 21.9. The van der Waals surface area contributed by atoms with Gasteiger partial charge < -0.3 is 14.8 Å². The van der Waals surface area contributed by atoms with Crippen molar-refractivity contribution in [2.45, 2.75) is 17.9 Å². The van der Waals surface area contributed by atoms with Crippen LogP contribution in [0.2, 0.25) is 0 Å².